The third-order valence-electron chi connectivity index (χ3n) is 4.85. The number of rotatable bonds is 10. The number of methoxy groups -OCH3 is 2. The molecular weight excluding hydrogens is 398 g/mol. The van der Waals surface area contributed by atoms with Crippen LogP contribution in [0, 0.1) is 0 Å². The third kappa shape index (κ3) is 5.27. The molecule has 3 aromatic carbocycles. The number of hydrogen-bond donors (Lipinski definition) is 0. The van der Waals surface area contributed by atoms with Crippen LogP contribution in [0.25, 0.3) is 0 Å². The maximum Gasteiger partial charge on any atom is 0.210 e. The predicted octanol–water partition coefficient (Wildman–Crippen LogP) is 4.21. The van der Waals surface area contributed by atoms with Gasteiger partial charge in [-0.1, -0.05) is 54.6 Å². The van der Waals surface area contributed by atoms with E-state index in [1.54, 1.807) is 19.1 Å². The first-order valence-corrected chi connectivity index (χ1v) is 10.9. The summed E-state index contributed by atoms with van der Waals surface area (Å²) in [6.07, 6.45) is 0.816. The highest BCUT2D eigenvalue weighted by molar-refractivity contribution is 7.85. The molecule has 0 radical (unpaired) electrons. The van der Waals surface area contributed by atoms with Crippen molar-refractivity contribution in [2.75, 3.05) is 20.0 Å². The predicted molar refractivity (Wildman–Crippen MR) is 118 cm³/mol. The zero-order chi connectivity index (χ0) is 21.3. The molecule has 0 heterocycles. The minimum atomic E-state index is -1.25. The Bertz CT molecular complexity index is 979. The van der Waals surface area contributed by atoms with Crippen molar-refractivity contribution >= 4 is 17.2 Å². The molecule has 0 aliphatic heterocycles. The molecule has 0 aromatic heterocycles. The summed E-state index contributed by atoms with van der Waals surface area (Å²) in [5, 5.41) is 0. The van der Waals surface area contributed by atoms with Crippen LogP contribution in [0.1, 0.15) is 17.2 Å². The Balaban J connectivity index is 1.89. The van der Waals surface area contributed by atoms with Gasteiger partial charge in [0, 0.05) is 11.4 Å². The molecule has 2 atom stereocenters. The fourth-order valence-electron chi connectivity index (χ4n) is 3.28. The van der Waals surface area contributed by atoms with Crippen LogP contribution in [0.2, 0.25) is 0 Å². The van der Waals surface area contributed by atoms with Crippen LogP contribution >= 0.6 is 0 Å². The van der Waals surface area contributed by atoms with Gasteiger partial charge in [0.1, 0.15) is 0 Å². The average molecular weight is 424 g/mol. The summed E-state index contributed by atoms with van der Waals surface area (Å²) in [4.78, 5) is 14.5. The van der Waals surface area contributed by atoms with Crippen LogP contribution < -0.4 is 9.47 Å². The Morgan fingerprint density at radius 1 is 0.900 bits per heavy atom. The highest BCUT2D eigenvalue weighted by Crippen LogP contribution is 2.30. The highest BCUT2D eigenvalue weighted by Gasteiger charge is 2.23. The molecule has 3 rings (SSSR count). The first-order chi connectivity index (χ1) is 14.7. The number of amides is 1. The lowest BCUT2D eigenvalue weighted by molar-refractivity contribution is -0.120. The summed E-state index contributed by atoms with van der Waals surface area (Å²) < 4.78 is 23.7. The molecule has 156 valence electrons. The molecule has 0 aliphatic carbocycles. The summed E-state index contributed by atoms with van der Waals surface area (Å²) in [5.74, 6) is 1.54. The van der Waals surface area contributed by atoms with Crippen molar-refractivity contribution in [3.8, 4) is 11.5 Å². The van der Waals surface area contributed by atoms with Crippen LogP contribution in [-0.4, -0.2) is 35.5 Å². The van der Waals surface area contributed by atoms with Gasteiger partial charge < -0.3 is 14.4 Å². The summed E-state index contributed by atoms with van der Waals surface area (Å²) in [5.41, 5.74) is 1.83. The van der Waals surface area contributed by atoms with Crippen molar-refractivity contribution in [1.82, 2.24) is 4.90 Å². The second-order valence-corrected chi connectivity index (χ2v) is 8.21. The maximum absolute atomic E-state index is 13.0. The zero-order valence-electron chi connectivity index (χ0n) is 17.1. The molecule has 0 saturated heterocycles. The lowest BCUT2D eigenvalue weighted by atomic mass is 10.1. The van der Waals surface area contributed by atoms with Crippen molar-refractivity contribution in [3.63, 3.8) is 0 Å². The quantitative estimate of drug-likeness (QED) is 0.459. The van der Waals surface area contributed by atoms with E-state index >= 15 is 0 Å². The second-order valence-electron chi connectivity index (χ2n) is 6.72. The van der Waals surface area contributed by atoms with Gasteiger partial charge in [0.2, 0.25) is 6.41 Å². The van der Waals surface area contributed by atoms with Gasteiger partial charge in [0.25, 0.3) is 0 Å². The van der Waals surface area contributed by atoms with E-state index < -0.39 is 10.8 Å². The second kappa shape index (κ2) is 10.6. The molecule has 6 heteroatoms. The van der Waals surface area contributed by atoms with Gasteiger partial charge in [-0.25, -0.2) is 0 Å². The Morgan fingerprint density at radius 2 is 1.53 bits per heavy atom. The summed E-state index contributed by atoms with van der Waals surface area (Å²) in [7, 11) is 1.91. The lowest BCUT2D eigenvalue weighted by Crippen LogP contribution is -2.31. The summed E-state index contributed by atoms with van der Waals surface area (Å²) in [6.45, 7) is 0.357. The fraction of sp³-hybridized carbons (Fsp3) is 0.208. The van der Waals surface area contributed by atoms with Crippen LogP contribution in [0.3, 0.4) is 0 Å². The van der Waals surface area contributed by atoms with Crippen molar-refractivity contribution in [3.05, 3.63) is 90.0 Å². The zero-order valence-corrected chi connectivity index (χ0v) is 17.9. The first-order valence-electron chi connectivity index (χ1n) is 9.56. The SMILES string of the molecule is COc1ccc(CN(C=O)C(CS(=O)c2ccccc2)c2ccccc2)cc1OC. The fourth-order valence-corrected chi connectivity index (χ4v) is 4.61. The van der Waals surface area contributed by atoms with E-state index in [1.807, 2.05) is 78.9 Å². The summed E-state index contributed by atoms with van der Waals surface area (Å²) in [6, 6.07) is 24.2. The Hall–Kier alpha value is -3.12. The number of benzene rings is 3. The molecule has 0 spiro atoms. The van der Waals surface area contributed by atoms with E-state index in [2.05, 4.69) is 0 Å². The molecule has 0 bridgehead atoms. The Labute approximate surface area is 179 Å². The van der Waals surface area contributed by atoms with E-state index in [9.17, 15) is 9.00 Å². The van der Waals surface area contributed by atoms with Gasteiger partial charge >= 0.3 is 0 Å². The number of hydrogen-bond acceptors (Lipinski definition) is 4. The lowest BCUT2D eigenvalue weighted by Gasteiger charge is -2.29. The van der Waals surface area contributed by atoms with E-state index in [-0.39, 0.29) is 6.04 Å². The van der Waals surface area contributed by atoms with Crippen LogP contribution in [0.5, 0.6) is 11.5 Å². The Kier molecular flexibility index (Phi) is 7.63. The standard InChI is InChI=1S/C24H25NO4S/c1-28-23-14-13-19(15-24(23)29-2)16-25(18-26)22(20-9-5-3-6-10-20)17-30(27)21-11-7-4-8-12-21/h3-15,18,22H,16-17H2,1-2H3. The van der Waals surface area contributed by atoms with E-state index in [1.165, 1.54) is 0 Å². The normalized spacial score (nSPS) is 12.6. The van der Waals surface area contributed by atoms with E-state index in [0.717, 1.165) is 22.4 Å². The van der Waals surface area contributed by atoms with Gasteiger partial charge in [-0.3, -0.25) is 9.00 Å². The first kappa shape index (κ1) is 21.6. The van der Waals surface area contributed by atoms with Gasteiger partial charge in [-0.05, 0) is 35.4 Å². The molecule has 0 N–H and O–H groups in total. The molecule has 3 aromatic rings. The van der Waals surface area contributed by atoms with Crippen molar-refractivity contribution in [2.24, 2.45) is 0 Å². The molecule has 2 unspecified atom stereocenters. The summed E-state index contributed by atoms with van der Waals surface area (Å²) >= 11 is 0. The van der Waals surface area contributed by atoms with Crippen molar-refractivity contribution in [1.29, 1.82) is 0 Å². The number of nitrogens with zero attached hydrogens (tertiary/aromatic N) is 1. The van der Waals surface area contributed by atoms with Crippen molar-refractivity contribution in [2.45, 2.75) is 17.5 Å². The smallest absolute Gasteiger partial charge is 0.210 e. The van der Waals surface area contributed by atoms with E-state index in [0.29, 0.717) is 23.8 Å². The maximum atomic E-state index is 13.0. The van der Waals surface area contributed by atoms with Gasteiger partial charge in [-0.2, -0.15) is 0 Å². The van der Waals surface area contributed by atoms with E-state index in [4.69, 9.17) is 9.47 Å². The van der Waals surface area contributed by atoms with Crippen LogP contribution in [0.15, 0.2) is 83.8 Å². The topological polar surface area (TPSA) is 55.8 Å². The van der Waals surface area contributed by atoms with Gasteiger partial charge in [0.05, 0.1) is 36.8 Å². The molecule has 0 aliphatic rings. The Morgan fingerprint density at radius 3 is 2.13 bits per heavy atom. The van der Waals surface area contributed by atoms with Crippen molar-refractivity contribution < 1.29 is 18.5 Å². The molecule has 1 amide bonds. The minimum Gasteiger partial charge on any atom is -0.493 e. The third-order valence-corrected chi connectivity index (χ3v) is 6.26. The van der Waals surface area contributed by atoms with Gasteiger partial charge in [0.15, 0.2) is 11.5 Å². The molecule has 5 nitrogen and oxygen atoms in total. The molecular formula is C24H25NO4S. The number of ether oxygens (including phenoxy) is 2. The number of carbonyl (C=O) groups excluding carboxylic acids is 1. The molecule has 0 saturated carbocycles. The monoisotopic (exact) mass is 423 g/mol. The molecule has 0 fully saturated rings. The van der Waals surface area contributed by atoms with Crippen LogP contribution in [-0.2, 0) is 22.1 Å². The van der Waals surface area contributed by atoms with Gasteiger partial charge in [-0.15, -0.1) is 0 Å². The largest absolute Gasteiger partial charge is 0.493 e. The number of carbonyl (C=O) groups is 1. The minimum absolute atomic E-state index is 0.306. The van der Waals surface area contributed by atoms with Crippen LogP contribution in [0.4, 0.5) is 0 Å². The average Bonchev–Trinajstić information content (AvgIpc) is 2.82. The highest BCUT2D eigenvalue weighted by atomic mass is 32.2. The molecule has 30 heavy (non-hydrogen) atoms.